The average Bonchev–Trinajstić information content (AvgIpc) is 2.33. The second-order valence-corrected chi connectivity index (χ2v) is 2.89. The Bertz CT molecular complexity index is 161. The zero-order valence-corrected chi connectivity index (χ0v) is 6.30. The average molecular weight is 139 g/mol. The molecule has 1 fully saturated rings. The van der Waals surface area contributed by atoms with E-state index in [1.165, 1.54) is 0 Å². The van der Waals surface area contributed by atoms with E-state index < -0.39 is 5.54 Å². The number of nitrogens with zero attached hydrogens (tertiary/aromatic N) is 2. The summed E-state index contributed by atoms with van der Waals surface area (Å²) in [6.07, 6.45) is 0.817. The van der Waals surface area contributed by atoms with E-state index in [4.69, 9.17) is 11.0 Å². The van der Waals surface area contributed by atoms with E-state index >= 15 is 0 Å². The van der Waals surface area contributed by atoms with Crippen LogP contribution in [0.4, 0.5) is 0 Å². The van der Waals surface area contributed by atoms with Gasteiger partial charge in [0.25, 0.3) is 0 Å². The Kier molecular flexibility index (Phi) is 1.93. The monoisotopic (exact) mass is 139 g/mol. The van der Waals surface area contributed by atoms with Crippen molar-refractivity contribution in [2.75, 3.05) is 19.6 Å². The Morgan fingerprint density at radius 2 is 2.50 bits per heavy atom. The summed E-state index contributed by atoms with van der Waals surface area (Å²) >= 11 is 0. The first-order valence-corrected chi connectivity index (χ1v) is 3.63. The predicted octanol–water partition coefficient (Wildman–Crippen LogP) is -0.0669. The van der Waals surface area contributed by atoms with Gasteiger partial charge < -0.3 is 10.6 Å². The molecule has 1 aliphatic heterocycles. The zero-order chi connectivity index (χ0) is 7.61. The highest BCUT2D eigenvalue weighted by Gasteiger charge is 2.33. The van der Waals surface area contributed by atoms with Crippen LogP contribution in [0.1, 0.15) is 13.3 Å². The van der Waals surface area contributed by atoms with Crippen molar-refractivity contribution in [2.24, 2.45) is 5.73 Å². The zero-order valence-electron chi connectivity index (χ0n) is 6.30. The standard InChI is InChI=1S/C7H13N3/c1-2-10-4-3-7(9,5-8)6-10/h2-4,6,9H2,1H3. The second kappa shape index (κ2) is 2.57. The van der Waals surface area contributed by atoms with Crippen LogP contribution in [-0.2, 0) is 0 Å². The first kappa shape index (κ1) is 7.52. The van der Waals surface area contributed by atoms with Gasteiger partial charge in [-0.05, 0) is 13.0 Å². The van der Waals surface area contributed by atoms with Crippen molar-refractivity contribution >= 4 is 0 Å². The van der Waals surface area contributed by atoms with Gasteiger partial charge in [-0.3, -0.25) is 0 Å². The first-order valence-electron chi connectivity index (χ1n) is 3.63. The van der Waals surface area contributed by atoms with Crippen LogP contribution >= 0.6 is 0 Å². The maximum Gasteiger partial charge on any atom is 0.118 e. The fourth-order valence-corrected chi connectivity index (χ4v) is 1.28. The van der Waals surface area contributed by atoms with Gasteiger partial charge in [0.05, 0.1) is 6.07 Å². The van der Waals surface area contributed by atoms with Crippen LogP contribution in [0, 0.1) is 11.3 Å². The largest absolute Gasteiger partial charge is 0.312 e. The third-order valence-electron chi connectivity index (χ3n) is 2.05. The third-order valence-corrected chi connectivity index (χ3v) is 2.05. The Labute approximate surface area is 61.4 Å². The van der Waals surface area contributed by atoms with E-state index in [2.05, 4.69) is 17.9 Å². The molecule has 1 heterocycles. The summed E-state index contributed by atoms with van der Waals surface area (Å²) in [5, 5.41) is 8.64. The molecule has 0 aromatic carbocycles. The summed E-state index contributed by atoms with van der Waals surface area (Å²) in [7, 11) is 0. The van der Waals surface area contributed by atoms with E-state index in [0.29, 0.717) is 0 Å². The summed E-state index contributed by atoms with van der Waals surface area (Å²) in [4.78, 5) is 2.20. The number of nitrogens with two attached hydrogens (primary N) is 1. The molecule has 0 aromatic rings. The lowest BCUT2D eigenvalue weighted by molar-refractivity contribution is 0.344. The van der Waals surface area contributed by atoms with E-state index in [-0.39, 0.29) is 0 Å². The van der Waals surface area contributed by atoms with E-state index in [9.17, 15) is 0 Å². The van der Waals surface area contributed by atoms with Crippen molar-refractivity contribution in [2.45, 2.75) is 18.9 Å². The van der Waals surface area contributed by atoms with Crippen LogP contribution < -0.4 is 5.73 Å². The quantitative estimate of drug-likeness (QED) is 0.553. The molecule has 1 unspecified atom stereocenters. The van der Waals surface area contributed by atoms with E-state index in [1.807, 2.05) is 0 Å². The maximum atomic E-state index is 8.64. The molecule has 3 heteroatoms. The molecule has 0 aliphatic carbocycles. The van der Waals surface area contributed by atoms with Crippen LogP contribution in [0.5, 0.6) is 0 Å². The van der Waals surface area contributed by atoms with Crippen molar-refractivity contribution in [3.63, 3.8) is 0 Å². The highest BCUT2D eigenvalue weighted by Crippen LogP contribution is 2.16. The van der Waals surface area contributed by atoms with Gasteiger partial charge >= 0.3 is 0 Å². The van der Waals surface area contributed by atoms with E-state index in [0.717, 1.165) is 26.1 Å². The minimum atomic E-state index is -0.560. The topological polar surface area (TPSA) is 53.0 Å². The minimum absolute atomic E-state index is 0.560. The van der Waals surface area contributed by atoms with Crippen LogP contribution in [0.15, 0.2) is 0 Å². The third kappa shape index (κ3) is 1.28. The summed E-state index contributed by atoms with van der Waals surface area (Å²) < 4.78 is 0. The molecule has 0 bridgehead atoms. The lowest BCUT2D eigenvalue weighted by Gasteiger charge is -2.14. The molecule has 0 amide bonds. The number of hydrogen-bond donors (Lipinski definition) is 1. The summed E-state index contributed by atoms with van der Waals surface area (Å²) in [5.41, 5.74) is 5.16. The molecule has 1 saturated heterocycles. The molecule has 3 nitrogen and oxygen atoms in total. The lowest BCUT2D eigenvalue weighted by atomic mass is 10.0. The number of hydrogen-bond acceptors (Lipinski definition) is 3. The van der Waals surface area contributed by atoms with Gasteiger partial charge in [-0.1, -0.05) is 6.92 Å². The Morgan fingerprint density at radius 1 is 1.80 bits per heavy atom. The molecule has 0 aromatic heterocycles. The molecule has 10 heavy (non-hydrogen) atoms. The normalized spacial score (nSPS) is 34.1. The van der Waals surface area contributed by atoms with Crippen molar-refractivity contribution in [3.05, 3.63) is 0 Å². The highest BCUT2D eigenvalue weighted by atomic mass is 15.2. The number of rotatable bonds is 1. The predicted molar refractivity (Wildman–Crippen MR) is 39.3 cm³/mol. The molecule has 0 radical (unpaired) electrons. The molecule has 0 spiro atoms. The Balaban J connectivity index is 2.51. The van der Waals surface area contributed by atoms with Gasteiger partial charge in [0.15, 0.2) is 0 Å². The molecule has 0 saturated carbocycles. The van der Waals surface area contributed by atoms with Crippen LogP contribution in [0.25, 0.3) is 0 Å². The van der Waals surface area contributed by atoms with Crippen LogP contribution in [0.2, 0.25) is 0 Å². The molecular formula is C7H13N3. The Hall–Kier alpha value is -0.590. The molecule has 2 N–H and O–H groups in total. The summed E-state index contributed by atoms with van der Waals surface area (Å²) in [5.74, 6) is 0. The first-order chi connectivity index (χ1) is 4.70. The van der Waals surface area contributed by atoms with E-state index in [1.54, 1.807) is 0 Å². The van der Waals surface area contributed by atoms with Crippen LogP contribution in [-0.4, -0.2) is 30.1 Å². The molecule has 56 valence electrons. The number of likely N-dealkylation sites (tertiary alicyclic amines) is 1. The number of likely N-dealkylation sites (N-methyl/N-ethyl adjacent to an activating group) is 1. The molecule has 1 rings (SSSR count). The number of nitriles is 1. The Morgan fingerprint density at radius 3 is 2.80 bits per heavy atom. The molecular weight excluding hydrogens is 126 g/mol. The van der Waals surface area contributed by atoms with Crippen molar-refractivity contribution in [1.29, 1.82) is 5.26 Å². The molecule has 1 aliphatic rings. The lowest BCUT2D eigenvalue weighted by Crippen LogP contribution is -2.40. The van der Waals surface area contributed by atoms with Crippen LogP contribution in [0.3, 0.4) is 0 Å². The highest BCUT2D eigenvalue weighted by molar-refractivity contribution is 5.10. The SMILES string of the molecule is CCN1CCC(N)(C#N)C1. The van der Waals surface area contributed by atoms with Gasteiger partial charge in [-0.25, -0.2) is 0 Å². The maximum absolute atomic E-state index is 8.64. The van der Waals surface area contributed by atoms with Gasteiger partial charge in [0, 0.05) is 13.1 Å². The van der Waals surface area contributed by atoms with Gasteiger partial charge in [-0.2, -0.15) is 5.26 Å². The second-order valence-electron chi connectivity index (χ2n) is 2.89. The van der Waals surface area contributed by atoms with Gasteiger partial charge in [0.1, 0.15) is 5.54 Å². The van der Waals surface area contributed by atoms with Gasteiger partial charge in [-0.15, -0.1) is 0 Å². The minimum Gasteiger partial charge on any atom is -0.312 e. The summed E-state index contributed by atoms with van der Waals surface area (Å²) in [6.45, 7) is 4.80. The smallest absolute Gasteiger partial charge is 0.118 e. The summed E-state index contributed by atoms with van der Waals surface area (Å²) in [6, 6.07) is 2.14. The van der Waals surface area contributed by atoms with Gasteiger partial charge in [0.2, 0.25) is 0 Å². The fraction of sp³-hybridized carbons (Fsp3) is 0.857. The fourth-order valence-electron chi connectivity index (χ4n) is 1.28. The van der Waals surface area contributed by atoms with Crippen molar-refractivity contribution in [1.82, 2.24) is 4.90 Å². The van der Waals surface area contributed by atoms with Crippen molar-refractivity contribution < 1.29 is 0 Å². The molecule has 1 atom stereocenters. The van der Waals surface area contributed by atoms with Crippen molar-refractivity contribution in [3.8, 4) is 6.07 Å².